The SMILES string of the molecule is Cl.O=C(Nc1ccc(CNCc2ccccc2)cc1)n1c(=O)[nH]c2cc(Cl)c(Cl)cc21. The van der Waals surface area contributed by atoms with Crippen LogP contribution in [-0.4, -0.2) is 15.6 Å². The fraction of sp³-hybridized carbons (Fsp3) is 0.0909. The average molecular weight is 478 g/mol. The van der Waals surface area contributed by atoms with Crippen molar-refractivity contribution in [2.24, 2.45) is 0 Å². The average Bonchev–Trinajstić information content (AvgIpc) is 3.05. The van der Waals surface area contributed by atoms with Crippen LogP contribution in [0.1, 0.15) is 11.1 Å². The maximum Gasteiger partial charge on any atom is 0.334 e. The minimum absolute atomic E-state index is 0. The van der Waals surface area contributed by atoms with Crippen molar-refractivity contribution in [3.8, 4) is 0 Å². The van der Waals surface area contributed by atoms with Crippen LogP contribution in [0.3, 0.4) is 0 Å². The summed E-state index contributed by atoms with van der Waals surface area (Å²) in [6.45, 7) is 1.47. The van der Waals surface area contributed by atoms with Crippen LogP contribution in [-0.2, 0) is 13.1 Å². The van der Waals surface area contributed by atoms with Crippen molar-refractivity contribution >= 4 is 58.4 Å². The minimum atomic E-state index is -0.584. The van der Waals surface area contributed by atoms with Crippen LogP contribution in [0.5, 0.6) is 0 Å². The first-order chi connectivity index (χ1) is 14.5. The van der Waals surface area contributed by atoms with Crippen LogP contribution in [0.25, 0.3) is 11.0 Å². The van der Waals surface area contributed by atoms with Gasteiger partial charge in [0.05, 0.1) is 21.1 Å². The van der Waals surface area contributed by atoms with E-state index in [-0.39, 0.29) is 17.4 Å². The van der Waals surface area contributed by atoms with E-state index in [2.05, 4.69) is 27.8 Å². The number of hydrogen-bond donors (Lipinski definition) is 3. The summed E-state index contributed by atoms with van der Waals surface area (Å²) in [4.78, 5) is 27.5. The van der Waals surface area contributed by atoms with Gasteiger partial charge in [0, 0.05) is 18.8 Å². The molecule has 0 unspecified atom stereocenters. The van der Waals surface area contributed by atoms with Crippen molar-refractivity contribution in [1.82, 2.24) is 14.9 Å². The predicted molar refractivity (Wildman–Crippen MR) is 128 cm³/mol. The van der Waals surface area contributed by atoms with Crippen LogP contribution in [0.2, 0.25) is 10.0 Å². The number of halogens is 3. The van der Waals surface area contributed by atoms with Crippen molar-refractivity contribution < 1.29 is 4.79 Å². The largest absolute Gasteiger partial charge is 0.334 e. The lowest BCUT2D eigenvalue weighted by molar-refractivity contribution is 0.253. The lowest BCUT2D eigenvalue weighted by atomic mass is 10.2. The summed E-state index contributed by atoms with van der Waals surface area (Å²) >= 11 is 12.0. The van der Waals surface area contributed by atoms with E-state index in [0.29, 0.717) is 28.3 Å². The number of aromatic amines is 1. The Morgan fingerprint density at radius 3 is 2.19 bits per heavy atom. The Bertz CT molecular complexity index is 1250. The second-order valence-corrected chi connectivity index (χ2v) is 7.58. The summed E-state index contributed by atoms with van der Waals surface area (Å²) < 4.78 is 0.993. The maximum absolute atomic E-state index is 12.7. The number of anilines is 1. The third-order valence-corrected chi connectivity index (χ3v) is 5.36. The molecule has 0 radical (unpaired) electrons. The zero-order valence-corrected chi connectivity index (χ0v) is 18.5. The van der Waals surface area contributed by atoms with Crippen molar-refractivity contribution in [2.75, 3.05) is 5.32 Å². The third-order valence-electron chi connectivity index (χ3n) is 4.63. The molecular weight excluding hydrogens is 459 g/mol. The molecule has 0 spiro atoms. The number of carbonyl (C=O) groups is 1. The van der Waals surface area contributed by atoms with Gasteiger partial charge in [-0.1, -0.05) is 65.7 Å². The second-order valence-electron chi connectivity index (χ2n) is 6.77. The number of nitrogens with one attached hydrogen (secondary N) is 3. The van der Waals surface area contributed by atoms with Gasteiger partial charge in [-0.05, 0) is 35.4 Å². The number of fused-ring (bicyclic) bond motifs is 1. The number of imidazole rings is 1. The van der Waals surface area contributed by atoms with Crippen LogP contribution in [0.4, 0.5) is 10.5 Å². The summed E-state index contributed by atoms with van der Waals surface area (Å²) in [5.74, 6) is 0. The number of aromatic nitrogens is 2. The molecular formula is C22H19Cl3N4O2. The van der Waals surface area contributed by atoms with Gasteiger partial charge in [0.15, 0.2) is 0 Å². The van der Waals surface area contributed by atoms with Gasteiger partial charge in [0.25, 0.3) is 0 Å². The predicted octanol–water partition coefficient (Wildman–Crippen LogP) is 5.43. The summed E-state index contributed by atoms with van der Waals surface area (Å²) in [7, 11) is 0. The van der Waals surface area contributed by atoms with Gasteiger partial charge in [-0.25, -0.2) is 14.2 Å². The summed E-state index contributed by atoms with van der Waals surface area (Å²) in [6.07, 6.45) is 0. The number of carbonyl (C=O) groups excluding carboxylic acids is 1. The Hall–Kier alpha value is -2.77. The number of benzene rings is 3. The molecule has 0 fully saturated rings. The van der Waals surface area contributed by atoms with Gasteiger partial charge in [-0.15, -0.1) is 12.4 Å². The van der Waals surface area contributed by atoms with Gasteiger partial charge >= 0.3 is 11.7 Å². The van der Waals surface area contributed by atoms with Crippen molar-refractivity contribution in [1.29, 1.82) is 0 Å². The van der Waals surface area contributed by atoms with E-state index in [1.807, 2.05) is 30.3 Å². The standard InChI is InChI=1S/C22H18Cl2N4O2.ClH/c23-17-10-19-20(11-18(17)24)28(22(30)27-19)21(29)26-16-8-6-15(7-9-16)13-25-12-14-4-2-1-3-5-14;/h1-11,25H,12-13H2,(H,26,29)(H,27,30);1H. The normalized spacial score (nSPS) is 10.6. The number of amides is 1. The van der Waals surface area contributed by atoms with E-state index in [1.54, 1.807) is 12.1 Å². The molecule has 0 saturated heterocycles. The van der Waals surface area contributed by atoms with Crippen LogP contribution >= 0.6 is 35.6 Å². The van der Waals surface area contributed by atoms with Gasteiger partial charge in [0.2, 0.25) is 0 Å². The Kier molecular flexibility index (Phi) is 7.41. The molecule has 0 bridgehead atoms. The van der Waals surface area contributed by atoms with E-state index in [4.69, 9.17) is 23.2 Å². The molecule has 9 heteroatoms. The molecule has 4 rings (SSSR count). The summed E-state index contributed by atoms with van der Waals surface area (Å²) in [5, 5.41) is 6.67. The zero-order valence-electron chi connectivity index (χ0n) is 16.2. The molecule has 3 N–H and O–H groups in total. The summed E-state index contributed by atoms with van der Waals surface area (Å²) in [5.41, 5.74) is 3.09. The quantitative estimate of drug-likeness (QED) is 0.359. The van der Waals surface area contributed by atoms with E-state index < -0.39 is 11.7 Å². The summed E-state index contributed by atoms with van der Waals surface area (Å²) in [6, 6.07) is 20.0. The Balaban J connectivity index is 0.00000272. The highest BCUT2D eigenvalue weighted by atomic mass is 35.5. The smallest absolute Gasteiger partial charge is 0.309 e. The first-order valence-corrected chi connectivity index (χ1v) is 10.0. The van der Waals surface area contributed by atoms with Gasteiger partial charge < -0.3 is 15.6 Å². The second kappa shape index (κ2) is 10.0. The lowest BCUT2D eigenvalue weighted by Crippen LogP contribution is -2.29. The number of nitrogens with zero attached hydrogens (tertiary/aromatic N) is 1. The fourth-order valence-electron chi connectivity index (χ4n) is 3.14. The van der Waals surface area contributed by atoms with Gasteiger partial charge in [0.1, 0.15) is 0 Å². The van der Waals surface area contributed by atoms with Crippen molar-refractivity contribution in [2.45, 2.75) is 13.1 Å². The number of rotatable bonds is 5. The molecule has 0 aliphatic rings. The van der Waals surface area contributed by atoms with Crippen molar-refractivity contribution in [3.63, 3.8) is 0 Å². The Labute approximate surface area is 194 Å². The molecule has 1 amide bonds. The third kappa shape index (κ3) is 5.29. The highest BCUT2D eigenvalue weighted by molar-refractivity contribution is 6.42. The zero-order chi connectivity index (χ0) is 21.1. The molecule has 31 heavy (non-hydrogen) atoms. The highest BCUT2D eigenvalue weighted by Crippen LogP contribution is 2.26. The first kappa shape index (κ1) is 22.9. The molecule has 3 aromatic carbocycles. The van der Waals surface area contributed by atoms with E-state index in [1.165, 1.54) is 17.7 Å². The van der Waals surface area contributed by atoms with Gasteiger partial charge in [-0.2, -0.15) is 0 Å². The van der Waals surface area contributed by atoms with E-state index in [9.17, 15) is 9.59 Å². The molecule has 0 atom stereocenters. The maximum atomic E-state index is 12.7. The topological polar surface area (TPSA) is 78.9 Å². The fourth-order valence-corrected chi connectivity index (χ4v) is 3.46. The highest BCUT2D eigenvalue weighted by Gasteiger charge is 2.16. The lowest BCUT2D eigenvalue weighted by Gasteiger charge is -2.08. The molecule has 160 valence electrons. The monoisotopic (exact) mass is 476 g/mol. The molecule has 4 aromatic rings. The van der Waals surface area contributed by atoms with Crippen LogP contribution in [0, 0.1) is 0 Å². The number of hydrogen-bond acceptors (Lipinski definition) is 3. The first-order valence-electron chi connectivity index (χ1n) is 9.26. The molecule has 0 aliphatic carbocycles. The molecule has 6 nitrogen and oxygen atoms in total. The molecule has 1 aromatic heterocycles. The Morgan fingerprint density at radius 1 is 0.903 bits per heavy atom. The van der Waals surface area contributed by atoms with E-state index >= 15 is 0 Å². The molecule has 0 aliphatic heterocycles. The van der Waals surface area contributed by atoms with Gasteiger partial charge in [-0.3, -0.25) is 0 Å². The molecule has 0 saturated carbocycles. The number of H-pyrrole nitrogens is 1. The van der Waals surface area contributed by atoms with E-state index in [0.717, 1.165) is 16.7 Å². The molecule has 1 heterocycles. The van der Waals surface area contributed by atoms with Crippen LogP contribution < -0.4 is 16.3 Å². The van der Waals surface area contributed by atoms with Crippen molar-refractivity contribution in [3.05, 3.63) is 98.4 Å². The minimum Gasteiger partial charge on any atom is -0.309 e. The Morgan fingerprint density at radius 2 is 1.52 bits per heavy atom. The van der Waals surface area contributed by atoms with Crippen LogP contribution in [0.15, 0.2) is 71.5 Å².